The van der Waals surface area contributed by atoms with Crippen LogP contribution in [0.2, 0.25) is 0 Å². The highest BCUT2D eigenvalue weighted by Gasteiger charge is 2.13. The predicted octanol–water partition coefficient (Wildman–Crippen LogP) is 4.48. The summed E-state index contributed by atoms with van der Waals surface area (Å²) in [6.45, 7) is 9.80. The number of hydroxylamine groups is 1. The van der Waals surface area contributed by atoms with E-state index in [0.717, 1.165) is 33.5 Å². The molecular formula is C18H21N3O. The van der Waals surface area contributed by atoms with Crippen LogP contribution in [0.5, 0.6) is 0 Å². The van der Waals surface area contributed by atoms with E-state index in [9.17, 15) is 5.21 Å². The van der Waals surface area contributed by atoms with Gasteiger partial charge in [-0.25, -0.2) is 15.0 Å². The number of anilines is 1. The molecule has 2 rings (SSSR count). The van der Waals surface area contributed by atoms with Gasteiger partial charge < -0.3 is 0 Å². The molecule has 0 aliphatic rings. The summed E-state index contributed by atoms with van der Waals surface area (Å²) in [7, 11) is 0. The first-order valence-electron chi connectivity index (χ1n) is 7.28. The average molecular weight is 295 g/mol. The van der Waals surface area contributed by atoms with E-state index in [-0.39, 0.29) is 0 Å². The third kappa shape index (κ3) is 3.23. The molecule has 22 heavy (non-hydrogen) atoms. The Balaban J connectivity index is 2.57. The number of hydrogen-bond donors (Lipinski definition) is 1. The van der Waals surface area contributed by atoms with Crippen LogP contribution in [0, 0.1) is 13.8 Å². The van der Waals surface area contributed by atoms with Crippen molar-refractivity contribution in [3.63, 3.8) is 0 Å². The second kappa shape index (κ2) is 7.00. The van der Waals surface area contributed by atoms with E-state index >= 15 is 0 Å². The Morgan fingerprint density at radius 1 is 1.27 bits per heavy atom. The standard InChI is InChI=1S/C18H21N3O/c1-5-7-9-15(8-6-2)21(22)18-16-10-13(3)14(4)11-17(16)19-12-20-18/h6-12,22H,2,5H2,1,3-4H3/b9-7-,15-8+. The topological polar surface area (TPSA) is 49.2 Å². The molecule has 0 unspecified atom stereocenters. The van der Waals surface area contributed by atoms with Crippen LogP contribution in [0.15, 0.2) is 55.0 Å². The molecule has 0 fully saturated rings. The summed E-state index contributed by atoms with van der Waals surface area (Å²) in [6, 6.07) is 4.00. The summed E-state index contributed by atoms with van der Waals surface area (Å²) in [5, 5.41) is 12.5. The maximum absolute atomic E-state index is 10.6. The first-order chi connectivity index (χ1) is 10.6. The molecule has 0 atom stereocenters. The summed E-state index contributed by atoms with van der Waals surface area (Å²) in [6.07, 6.45) is 9.53. The molecule has 0 saturated heterocycles. The Morgan fingerprint density at radius 2 is 2.00 bits per heavy atom. The zero-order valence-corrected chi connectivity index (χ0v) is 13.2. The van der Waals surface area contributed by atoms with E-state index in [1.807, 2.05) is 45.1 Å². The number of benzene rings is 1. The second-order valence-corrected chi connectivity index (χ2v) is 5.10. The smallest absolute Gasteiger partial charge is 0.168 e. The quantitative estimate of drug-likeness (QED) is 0.652. The van der Waals surface area contributed by atoms with Gasteiger partial charge in [-0.3, -0.25) is 5.21 Å². The van der Waals surface area contributed by atoms with Crippen molar-refractivity contribution in [3.8, 4) is 0 Å². The van der Waals surface area contributed by atoms with Gasteiger partial charge in [-0.05, 0) is 55.7 Å². The minimum absolute atomic E-state index is 0.460. The van der Waals surface area contributed by atoms with Gasteiger partial charge in [0.2, 0.25) is 0 Å². The van der Waals surface area contributed by atoms with Crippen LogP contribution in [0.3, 0.4) is 0 Å². The number of aryl methyl sites for hydroxylation is 2. The molecule has 1 aromatic heterocycles. The van der Waals surface area contributed by atoms with Crippen molar-refractivity contribution < 1.29 is 5.21 Å². The predicted molar refractivity (Wildman–Crippen MR) is 91.0 cm³/mol. The molecule has 0 radical (unpaired) electrons. The minimum Gasteiger partial charge on any atom is -0.282 e. The summed E-state index contributed by atoms with van der Waals surface area (Å²) in [5.74, 6) is 0.460. The van der Waals surface area contributed by atoms with Crippen LogP contribution in [-0.4, -0.2) is 15.2 Å². The number of aromatic nitrogens is 2. The zero-order chi connectivity index (χ0) is 16.1. The lowest BCUT2D eigenvalue weighted by Crippen LogP contribution is -2.18. The fourth-order valence-corrected chi connectivity index (χ4v) is 2.15. The maximum Gasteiger partial charge on any atom is 0.168 e. The monoisotopic (exact) mass is 295 g/mol. The molecule has 0 bridgehead atoms. The average Bonchev–Trinajstić information content (AvgIpc) is 2.51. The van der Waals surface area contributed by atoms with Crippen LogP contribution < -0.4 is 5.06 Å². The van der Waals surface area contributed by atoms with Gasteiger partial charge in [0.25, 0.3) is 0 Å². The summed E-state index contributed by atoms with van der Waals surface area (Å²) < 4.78 is 0. The third-order valence-electron chi connectivity index (χ3n) is 3.49. The van der Waals surface area contributed by atoms with Crippen molar-refractivity contribution in [2.75, 3.05) is 5.06 Å². The lowest BCUT2D eigenvalue weighted by Gasteiger charge is -2.18. The molecule has 1 heterocycles. The van der Waals surface area contributed by atoms with Gasteiger partial charge in [-0.1, -0.05) is 25.7 Å². The van der Waals surface area contributed by atoms with Crippen molar-refractivity contribution in [2.24, 2.45) is 0 Å². The first kappa shape index (κ1) is 15.9. The van der Waals surface area contributed by atoms with Gasteiger partial charge >= 0.3 is 0 Å². The van der Waals surface area contributed by atoms with Crippen LogP contribution >= 0.6 is 0 Å². The SMILES string of the molecule is C=C/C=C(\C=C/CC)N(O)c1ncnc2cc(C)c(C)cc12. The number of fused-ring (bicyclic) bond motifs is 1. The van der Waals surface area contributed by atoms with E-state index in [1.165, 1.54) is 6.33 Å². The molecule has 4 heteroatoms. The van der Waals surface area contributed by atoms with Crippen LogP contribution in [0.4, 0.5) is 5.82 Å². The minimum atomic E-state index is 0.460. The number of rotatable bonds is 5. The van der Waals surface area contributed by atoms with Crippen LogP contribution in [0.25, 0.3) is 10.9 Å². The van der Waals surface area contributed by atoms with Gasteiger partial charge in [-0.15, -0.1) is 0 Å². The Hall–Kier alpha value is -2.46. The van der Waals surface area contributed by atoms with Gasteiger partial charge in [0.15, 0.2) is 5.82 Å². The van der Waals surface area contributed by atoms with E-state index in [2.05, 4.69) is 16.5 Å². The Bertz CT molecular complexity index is 747. The Labute approximate surface area is 131 Å². The highest BCUT2D eigenvalue weighted by molar-refractivity contribution is 5.90. The molecular weight excluding hydrogens is 274 g/mol. The molecule has 2 aromatic rings. The van der Waals surface area contributed by atoms with Crippen molar-refractivity contribution in [1.29, 1.82) is 0 Å². The fraction of sp³-hybridized carbons (Fsp3) is 0.222. The molecule has 0 spiro atoms. The molecule has 0 aliphatic carbocycles. The number of hydrogen-bond acceptors (Lipinski definition) is 4. The van der Waals surface area contributed by atoms with Crippen molar-refractivity contribution in [2.45, 2.75) is 27.2 Å². The molecule has 0 aliphatic heterocycles. The summed E-state index contributed by atoms with van der Waals surface area (Å²) in [4.78, 5) is 8.53. The molecule has 1 N–H and O–H groups in total. The van der Waals surface area contributed by atoms with E-state index in [0.29, 0.717) is 11.5 Å². The van der Waals surface area contributed by atoms with Crippen molar-refractivity contribution >= 4 is 16.7 Å². The number of allylic oxidation sites excluding steroid dienone is 4. The van der Waals surface area contributed by atoms with Gasteiger partial charge in [0, 0.05) is 5.39 Å². The maximum atomic E-state index is 10.6. The first-order valence-corrected chi connectivity index (χ1v) is 7.28. The second-order valence-electron chi connectivity index (χ2n) is 5.10. The lowest BCUT2D eigenvalue weighted by atomic mass is 10.1. The largest absolute Gasteiger partial charge is 0.282 e. The molecule has 0 amide bonds. The van der Waals surface area contributed by atoms with Gasteiger partial charge in [-0.2, -0.15) is 0 Å². The highest BCUT2D eigenvalue weighted by Crippen LogP contribution is 2.27. The van der Waals surface area contributed by atoms with Gasteiger partial charge in [0.1, 0.15) is 6.33 Å². The van der Waals surface area contributed by atoms with Gasteiger partial charge in [0.05, 0.1) is 11.2 Å². The summed E-state index contributed by atoms with van der Waals surface area (Å²) >= 11 is 0. The molecule has 0 saturated carbocycles. The highest BCUT2D eigenvalue weighted by atomic mass is 16.5. The van der Waals surface area contributed by atoms with E-state index < -0.39 is 0 Å². The fourth-order valence-electron chi connectivity index (χ4n) is 2.15. The van der Waals surface area contributed by atoms with E-state index in [4.69, 9.17) is 0 Å². The zero-order valence-electron chi connectivity index (χ0n) is 13.2. The van der Waals surface area contributed by atoms with Crippen LogP contribution in [-0.2, 0) is 0 Å². The lowest BCUT2D eigenvalue weighted by molar-refractivity contribution is 0.285. The normalized spacial score (nSPS) is 12.1. The third-order valence-corrected chi connectivity index (χ3v) is 3.49. The molecule has 114 valence electrons. The Kier molecular flexibility index (Phi) is 5.07. The summed E-state index contributed by atoms with van der Waals surface area (Å²) in [5.41, 5.74) is 3.71. The number of nitrogens with zero attached hydrogens (tertiary/aromatic N) is 3. The van der Waals surface area contributed by atoms with Crippen molar-refractivity contribution in [3.05, 3.63) is 66.2 Å². The van der Waals surface area contributed by atoms with E-state index in [1.54, 1.807) is 12.2 Å². The molecule has 1 aromatic carbocycles. The molecule has 4 nitrogen and oxygen atoms in total. The van der Waals surface area contributed by atoms with Crippen LogP contribution in [0.1, 0.15) is 24.5 Å². The van der Waals surface area contributed by atoms with Crippen molar-refractivity contribution in [1.82, 2.24) is 9.97 Å². The Morgan fingerprint density at radius 3 is 2.68 bits per heavy atom.